The SMILES string of the molecule is CC(=O)[C@]1(C)CC[C@]2(C)CC[C@]3(C)C4=CC=C5C(=CC(=O)C(OCc6ccccc6)=C5C)[C@]4(C)CC[C@@]3(C)[C@@H]2C1. The molecule has 40 heavy (non-hydrogen) atoms. The van der Waals surface area contributed by atoms with E-state index in [1.807, 2.05) is 43.3 Å². The molecular weight excluding hydrogens is 492 g/mol. The van der Waals surface area contributed by atoms with Gasteiger partial charge in [-0.05, 0) is 104 Å². The van der Waals surface area contributed by atoms with Crippen molar-refractivity contribution in [3.8, 4) is 0 Å². The van der Waals surface area contributed by atoms with Gasteiger partial charge in [-0.3, -0.25) is 9.59 Å². The van der Waals surface area contributed by atoms with Crippen molar-refractivity contribution in [2.75, 3.05) is 0 Å². The number of hydrogen-bond donors (Lipinski definition) is 0. The molecule has 0 aromatic heterocycles. The third kappa shape index (κ3) is 3.68. The molecule has 1 aromatic rings. The summed E-state index contributed by atoms with van der Waals surface area (Å²) in [5.41, 5.74) is 5.88. The van der Waals surface area contributed by atoms with Crippen LogP contribution in [0.15, 0.2) is 76.6 Å². The van der Waals surface area contributed by atoms with Crippen LogP contribution in [0.1, 0.15) is 99.0 Å². The van der Waals surface area contributed by atoms with E-state index in [1.165, 1.54) is 24.0 Å². The average molecular weight is 539 g/mol. The highest BCUT2D eigenvalue weighted by Gasteiger charge is 2.67. The van der Waals surface area contributed by atoms with Crippen LogP contribution >= 0.6 is 0 Å². The lowest BCUT2D eigenvalue weighted by atomic mass is 9.34. The molecule has 0 unspecified atom stereocenters. The summed E-state index contributed by atoms with van der Waals surface area (Å²) in [7, 11) is 0. The van der Waals surface area contributed by atoms with E-state index in [-0.39, 0.29) is 32.9 Å². The van der Waals surface area contributed by atoms with Gasteiger partial charge in [0.15, 0.2) is 5.76 Å². The largest absolute Gasteiger partial charge is 0.485 e. The number of ether oxygens (including phenoxy) is 1. The van der Waals surface area contributed by atoms with E-state index in [9.17, 15) is 9.59 Å². The molecule has 0 radical (unpaired) electrons. The number of Topliss-reactive ketones (excluding diaryl/α,β-unsaturated/α-hetero) is 1. The van der Waals surface area contributed by atoms with E-state index >= 15 is 0 Å². The topological polar surface area (TPSA) is 43.4 Å². The summed E-state index contributed by atoms with van der Waals surface area (Å²) in [5.74, 6) is 1.33. The summed E-state index contributed by atoms with van der Waals surface area (Å²) in [6.45, 7) is 16.4. The summed E-state index contributed by atoms with van der Waals surface area (Å²) >= 11 is 0. The maximum Gasteiger partial charge on any atom is 0.221 e. The van der Waals surface area contributed by atoms with Gasteiger partial charge in [0.1, 0.15) is 12.4 Å². The van der Waals surface area contributed by atoms with Gasteiger partial charge in [0.25, 0.3) is 0 Å². The maximum atomic E-state index is 13.6. The molecule has 0 N–H and O–H groups in total. The second kappa shape index (κ2) is 8.91. The van der Waals surface area contributed by atoms with Crippen molar-refractivity contribution in [3.63, 3.8) is 0 Å². The van der Waals surface area contributed by atoms with Gasteiger partial charge in [0, 0.05) is 16.4 Å². The van der Waals surface area contributed by atoms with E-state index < -0.39 is 0 Å². The molecule has 5 aliphatic rings. The Morgan fingerprint density at radius 1 is 0.925 bits per heavy atom. The predicted octanol–water partition coefficient (Wildman–Crippen LogP) is 8.86. The number of carbonyl (C=O) groups excluding carboxylic acids is 2. The summed E-state index contributed by atoms with van der Waals surface area (Å²) in [6.07, 6.45) is 14.2. The molecule has 0 aliphatic heterocycles. The maximum absolute atomic E-state index is 13.6. The summed E-state index contributed by atoms with van der Waals surface area (Å²) < 4.78 is 6.14. The molecule has 0 saturated heterocycles. The Kier molecular flexibility index (Phi) is 6.12. The molecule has 212 valence electrons. The molecule has 6 atom stereocenters. The fourth-order valence-electron chi connectivity index (χ4n) is 9.68. The number of hydrogen-bond acceptors (Lipinski definition) is 3. The molecule has 3 fully saturated rings. The number of benzene rings is 1. The first-order chi connectivity index (χ1) is 18.8. The fourth-order valence-corrected chi connectivity index (χ4v) is 9.68. The first-order valence-corrected chi connectivity index (χ1v) is 15.4. The minimum absolute atomic E-state index is 0.0118. The second-order valence-electron chi connectivity index (χ2n) is 14.9. The van der Waals surface area contributed by atoms with Gasteiger partial charge in [-0.25, -0.2) is 0 Å². The highest BCUT2D eigenvalue weighted by atomic mass is 16.5. The van der Waals surface area contributed by atoms with Gasteiger partial charge in [-0.1, -0.05) is 82.7 Å². The van der Waals surface area contributed by atoms with Crippen LogP contribution in [-0.2, 0) is 20.9 Å². The first-order valence-electron chi connectivity index (χ1n) is 15.4. The van der Waals surface area contributed by atoms with Crippen molar-refractivity contribution in [2.24, 2.45) is 33.0 Å². The van der Waals surface area contributed by atoms with Gasteiger partial charge in [0.2, 0.25) is 5.78 Å². The number of fused-ring (bicyclic) bond motifs is 7. The zero-order valence-corrected chi connectivity index (χ0v) is 25.6. The molecule has 0 spiro atoms. The van der Waals surface area contributed by atoms with Gasteiger partial charge >= 0.3 is 0 Å². The monoisotopic (exact) mass is 538 g/mol. The van der Waals surface area contributed by atoms with Gasteiger partial charge in [-0.15, -0.1) is 0 Å². The highest BCUT2D eigenvalue weighted by molar-refractivity contribution is 6.07. The predicted molar refractivity (Wildman–Crippen MR) is 160 cm³/mol. The van der Waals surface area contributed by atoms with Crippen LogP contribution in [0.4, 0.5) is 0 Å². The van der Waals surface area contributed by atoms with Crippen LogP contribution < -0.4 is 0 Å². The average Bonchev–Trinajstić information content (AvgIpc) is 2.92. The fraction of sp³-hybridized carbons (Fsp3) is 0.568. The smallest absolute Gasteiger partial charge is 0.221 e. The van der Waals surface area contributed by atoms with E-state index in [1.54, 1.807) is 6.92 Å². The molecule has 0 amide bonds. The molecule has 1 aromatic carbocycles. The standard InChI is InChI=1S/C37H46O3/c1-24-27-13-14-30-35(5,28(27)21-29(39)32(24)40-23-26-11-9-8-10-12-26)18-20-37(7)31-22-34(4,25(2)38)16-15-33(31,3)17-19-36(30,37)6/h8-14,21,31H,15-20,22-23H2,1-7H3/t31-,33-,34-,35+,36-,37+/m1/s1. The lowest BCUT2D eigenvalue weighted by Gasteiger charge is -2.70. The zero-order chi connectivity index (χ0) is 28.7. The number of allylic oxidation sites excluding steroid dienone is 7. The molecule has 0 heterocycles. The van der Waals surface area contributed by atoms with E-state index in [2.05, 4.69) is 46.8 Å². The lowest BCUT2D eigenvalue weighted by molar-refractivity contribution is -0.167. The van der Waals surface area contributed by atoms with Crippen LogP contribution in [0, 0.1) is 33.0 Å². The quantitative estimate of drug-likeness (QED) is 0.384. The van der Waals surface area contributed by atoms with Crippen molar-refractivity contribution in [1.82, 2.24) is 0 Å². The Morgan fingerprint density at radius 3 is 2.33 bits per heavy atom. The van der Waals surface area contributed by atoms with Crippen molar-refractivity contribution in [1.29, 1.82) is 0 Å². The minimum Gasteiger partial charge on any atom is -0.485 e. The van der Waals surface area contributed by atoms with Crippen molar-refractivity contribution in [3.05, 3.63) is 82.2 Å². The van der Waals surface area contributed by atoms with Crippen LogP contribution in [-0.4, -0.2) is 11.6 Å². The second-order valence-corrected chi connectivity index (χ2v) is 14.9. The lowest BCUT2D eigenvalue weighted by Crippen LogP contribution is -2.62. The summed E-state index contributed by atoms with van der Waals surface area (Å²) in [4.78, 5) is 26.4. The van der Waals surface area contributed by atoms with Gasteiger partial charge in [0.05, 0.1) is 0 Å². The van der Waals surface area contributed by atoms with Crippen LogP contribution in [0.2, 0.25) is 0 Å². The third-order valence-electron chi connectivity index (χ3n) is 12.9. The van der Waals surface area contributed by atoms with Crippen molar-refractivity contribution in [2.45, 2.75) is 100 Å². The minimum atomic E-state index is -0.212. The van der Waals surface area contributed by atoms with Gasteiger partial charge in [-0.2, -0.15) is 0 Å². The summed E-state index contributed by atoms with van der Waals surface area (Å²) in [6, 6.07) is 10.0. The van der Waals surface area contributed by atoms with E-state index in [0.717, 1.165) is 48.8 Å². The van der Waals surface area contributed by atoms with Crippen molar-refractivity contribution >= 4 is 11.6 Å². The Labute approximate surface area is 240 Å². The van der Waals surface area contributed by atoms with Gasteiger partial charge < -0.3 is 4.74 Å². The number of rotatable bonds is 4. The molecule has 6 rings (SSSR count). The number of ketones is 2. The zero-order valence-electron chi connectivity index (χ0n) is 25.6. The third-order valence-corrected chi connectivity index (χ3v) is 12.9. The van der Waals surface area contributed by atoms with Crippen LogP contribution in [0.3, 0.4) is 0 Å². The highest BCUT2D eigenvalue weighted by Crippen LogP contribution is 2.75. The molecule has 3 saturated carbocycles. The molecule has 3 nitrogen and oxygen atoms in total. The molecular formula is C37H46O3. The summed E-state index contributed by atoms with van der Waals surface area (Å²) in [5, 5.41) is 0. The first kappa shape index (κ1) is 27.5. The molecule has 5 aliphatic carbocycles. The molecule has 0 bridgehead atoms. The Balaban J connectivity index is 1.38. The Bertz CT molecular complexity index is 1410. The normalized spacial score (nSPS) is 40.5. The Morgan fingerprint density at radius 2 is 1.62 bits per heavy atom. The van der Waals surface area contributed by atoms with Crippen molar-refractivity contribution < 1.29 is 14.3 Å². The van der Waals surface area contributed by atoms with E-state index in [0.29, 0.717) is 24.1 Å². The van der Waals surface area contributed by atoms with Crippen LogP contribution in [0.25, 0.3) is 0 Å². The molecule has 3 heteroatoms. The number of carbonyl (C=O) groups is 2. The Hall–Kier alpha value is -2.68. The van der Waals surface area contributed by atoms with E-state index in [4.69, 9.17) is 4.74 Å². The van der Waals surface area contributed by atoms with Crippen LogP contribution in [0.5, 0.6) is 0 Å².